The van der Waals surface area contributed by atoms with E-state index in [9.17, 15) is 0 Å². The number of benzene rings is 6. The van der Waals surface area contributed by atoms with Crippen LogP contribution in [0.25, 0.3) is 66.7 Å². The summed E-state index contributed by atoms with van der Waals surface area (Å²) in [6, 6.07) is 44.8. The van der Waals surface area contributed by atoms with Gasteiger partial charge in [-0.05, 0) is 109 Å². The Kier molecular flexibility index (Phi) is 5.24. The number of fused-ring (bicyclic) bond motifs is 4. The summed E-state index contributed by atoms with van der Waals surface area (Å²) in [7, 11) is 0. The van der Waals surface area contributed by atoms with E-state index >= 15 is 0 Å². The highest BCUT2D eigenvalue weighted by atomic mass is 14.6. The van der Waals surface area contributed by atoms with E-state index < -0.39 is 0 Å². The quantitative estimate of drug-likeness (QED) is 0.206. The lowest BCUT2D eigenvalue weighted by molar-refractivity contribution is 0.856. The normalized spacial score (nSPS) is 15.6. The summed E-state index contributed by atoms with van der Waals surface area (Å²) in [5.74, 6) is 0.393. The van der Waals surface area contributed by atoms with Crippen LogP contribution in [0.5, 0.6) is 0 Å². The van der Waals surface area contributed by atoms with Gasteiger partial charge in [-0.3, -0.25) is 4.98 Å². The van der Waals surface area contributed by atoms with Crippen molar-refractivity contribution in [1.29, 1.82) is 0 Å². The first-order valence-electron chi connectivity index (χ1n) is 15.9. The summed E-state index contributed by atoms with van der Waals surface area (Å²) >= 11 is 0. The number of para-hydroxylation sites is 1. The van der Waals surface area contributed by atoms with Crippen molar-refractivity contribution >= 4 is 33.3 Å². The molecule has 0 bridgehead atoms. The molecule has 210 valence electrons. The van der Waals surface area contributed by atoms with Crippen LogP contribution in [-0.2, 0) is 6.42 Å². The van der Waals surface area contributed by atoms with Crippen molar-refractivity contribution in [2.24, 2.45) is 0 Å². The Bertz CT molecular complexity index is 2440. The first-order chi connectivity index (χ1) is 22.3. The van der Waals surface area contributed by atoms with Crippen LogP contribution in [0.1, 0.15) is 45.7 Å². The minimum Gasteiger partial charge on any atom is -0.256 e. The van der Waals surface area contributed by atoms with Crippen LogP contribution in [0, 0.1) is 0 Å². The van der Waals surface area contributed by atoms with Crippen molar-refractivity contribution in [3.63, 3.8) is 0 Å². The van der Waals surface area contributed by atoms with E-state index in [0.717, 1.165) is 18.4 Å². The van der Waals surface area contributed by atoms with E-state index in [1.807, 2.05) is 6.20 Å². The van der Waals surface area contributed by atoms with Crippen molar-refractivity contribution in [1.82, 2.24) is 4.98 Å². The van der Waals surface area contributed by atoms with Gasteiger partial charge in [-0.15, -0.1) is 0 Å². The molecule has 45 heavy (non-hydrogen) atoms. The predicted molar refractivity (Wildman–Crippen MR) is 188 cm³/mol. The molecule has 1 heterocycles. The molecule has 0 radical (unpaired) electrons. The van der Waals surface area contributed by atoms with Gasteiger partial charge in [0, 0.05) is 23.1 Å². The van der Waals surface area contributed by atoms with E-state index in [1.165, 1.54) is 88.5 Å². The first kappa shape index (κ1) is 24.9. The highest BCUT2D eigenvalue weighted by molar-refractivity contribution is 6.05. The van der Waals surface area contributed by atoms with E-state index in [4.69, 9.17) is 4.98 Å². The van der Waals surface area contributed by atoms with Gasteiger partial charge >= 0.3 is 0 Å². The second kappa shape index (κ2) is 9.48. The number of nitrogens with zero attached hydrogens (tertiary/aromatic N) is 1. The third-order valence-corrected chi connectivity index (χ3v) is 10.2. The van der Waals surface area contributed by atoms with Gasteiger partial charge < -0.3 is 0 Å². The highest BCUT2D eigenvalue weighted by Crippen LogP contribution is 2.48. The second-order valence-electron chi connectivity index (χ2n) is 12.6. The van der Waals surface area contributed by atoms with Crippen LogP contribution in [0.3, 0.4) is 0 Å². The monoisotopic (exact) mass is 571 g/mol. The molecule has 1 nitrogen and oxygen atoms in total. The Morgan fingerprint density at radius 1 is 0.578 bits per heavy atom. The lowest BCUT2D eigenvalue weighted by Gasteiger charge is -2.30. The Morgan fingerprint density at radius 3 is 2.36 bits per heavy atom. The third kappa shape index (κ3) is 3.71. The molecule has 3 aliphatic rings. The van der Waals surface area contributed by atoms with Crippen LogP contribution in [-0.4, -0.2) is 4.98 Å². The molecule has 1 heteroatoms. The Labute approximate surface area is 262 Å². The predicted octanol–water partition coefficient (Wildman–Crippen LogP) is 11.2. The van der Waals surface area contributed by atoms with Gasteiger partial charge in [0.1, 0.15) is 0 Å². The summed E-state index contributed by atoms with van der Waals surface area (Å²) in [6.07, 6.45) is 11.3. The second-order valence-corrected chi connectivity index (χ2v) is 12.6. The molecule has 6 aromatic carbocycles. The zero-order chi connectivity index (χ0) is 29.5. The van der Waals surface area contributed by atoms with Gasteiger partial charge in [-0.1, -0.05) is 121 Å². The smallest absolute Gasteiger partial charge is 0.0702 e. The van der Waals surface area contributed by atoms with Crippen LogP contribution >= 0.6 is 0 Å². The molecule has 0 amide bonds. The van der Waals surface area contributed by atoms with Gasteiger partial charge in [0.25, 0.3) is 0 Å². The Balaban J connectivity index is 1.10. The summed E-state index contributed by atoms with van der Waals surface area (Å²) in [5.41, 5.74) is 18.5. The molecular formula is C44H29N. The molecule has 0 saturated heterocycles. The Hall–Kier alpha value is -5.53. The van der Waals surface area contributed by atoms with Crippen molar-refractivity contribution in [3.05, 3.63) is 173 Å². The molecule has 0 fully saturated rings. The molecular weight excluding hydrogens is 542 g/mol. The Morgan fingerprint density at radius 2 is 1.38 bits per heavy atom. The van der Waals surface area contributed by atoms with Gasteiger partial charge in [0.15, 0.2) is 0 Å². The molecule has 1 atom stereocenters. The van der Waals surface area contributed by atoms with Gasteiger partial charge in [-0.2, -0.15) is 0 Å². The van der Waals surface area contributed by atoms with Crippen molar-refractivity contribution < 1.29 is 0 Å². The average molecular weight is 572 g/mol. The fourth-order valence-corrected chi connectivity index (χ4v) is 8.15. The highest BCUT2D eigenvalue weighted by Gasteiger charge is 2.28. The molecule has 0 saturated carbocycles. The van der Waals surface area contributed by atoms with Gasteiger partial charge in [-0.25, -0.2) is 0 Å². The maximum Gasteiger partial charge on any atom is 0.0702 e. The fourth-order valence-electron chi connectivity index (χ4n) is 8.15. The van der Waals surface area contributed by atoms with Gasteiger partial charge in [0.2, 0.25) is 0 Å². The average Bonchev–Trinajstić information content (AvgIpc) is 3.49. The van der Waals surface area contributed by atoms with E-state index in [1.54, 1.807) is 0 Å². The van der Waals surface area contributed by atoms with E-state index in [-0.39, 0.29) is 0 Å². The van der Waals surface area contributed by atoms with E-state index in [2.05, 4.69) is 140 Å². The van der Waals surface area contributed by atoms with Crippen molar-refractivity contribution in [3.8, 4) is 33.4 Å². The fraction of sp³-hybridized carbons (Fsp3) is 0.0682. The lowest BCUT2D eigenvalue weighted by Crippen LogP contribution is -2.10. The summed E-state index contributed by atoms with van der Waals surface area (Å²) in [5, 5.41) is 3.88. The summed E-state index contributed by atoms with van der Waals surface area (Å²) in [4.78, 5) is 4.80. The molecule has 1 aromatic heterocycles. The number of allylic oxidation sites excluding steroid dienone is 2. The number of aromatic nitrogens is 1. The topological polar surface area (TPSA) is 12.9 Å². The number of rotatable bonds is 3. The zero-order valence-electron chi connectivity index (χ0n) is 24.8. The largest absolute Gasteiger partial charge is 0.256 e. The standard InChI is InChI=1S/C44H29N/c1-3-11-34-31(7-1)25-41-35(12-6-13-38(34)41)29-9-5-10-30(23-29)36-19-15-27-18-22-40-37(20-16-28-17-21-39(36)43(27)44(28)40)33-24-32-8-2-4-14-42(32)45-26-33/h1-14,16-24,26-27H,15,25H2. The lowest BCUT2D eigenvalue weighted by atomic mass is 9.74. The third-order valence-electron chi connectivity index (χ3n) is 10.2. The molecule has 1 unspecified atom stereocenters. The number of hydrogen-bond donors (Lipinski definition) is 0. The van der Waals surface area contributed by atoms with Crippen LogP contribution in [0.15, 0.2) is 140 Å². The van der Waals surface area contributed by atoms with Crippen molar-refractivity contribution in [2.75, 3.05) is 0 Å². The minimum absolute atomic E-state index is 0.393. The minimum atomic E-state index is 0.393. The SMILES string of the molecule is C1=CC2CC=C(c3cccc(-c4cccc5c4Cc4ccccc4-5)c3)c3ccc4ccc(-c5cnc6ccccc6c5)c1c4c32. The zero-order valence-corrected chi connectivity index (χ0v) is 24.8. The maximum atomic E-state index is 4.80. The molecule has 0 aliphatic heterocycles. The molecule has 0 spiro atoms. The maximum absolute atomic E-state index is 4.80. The number of hydrogen-bond acceptors (Lipinski definition) is 1. The van der Waals surface area contributed by atoms with Crippen molar-refractivity contribution in [2.45, 2.75) is 18.8 Å². The first-order valence-corrected chi connectivity index (χ1v) is 15.9. The van der Waals surface area contributed by atoms with E-state index in [0.29, 0.717) is 5.92 Å². The van der Waals surface area contributed by atoms with Crippen LogP contribution in [0.2, 0.25) is 0 Å². The molecule has 0 N–H and O–H groups in total. The number of pyridine rings is 1. The van der Waals surface area contributed by atoms with Crippen LogP contribution in [0.4, 0.5) is 0 Å². The van der Waals surface area contributed by atoms with Gasteiger partial charge in [0.05, 0.1) is 5.52 Å². The molecule has 10 rings (SSSR count). The molecule has 3 aliphatic carbocycles. The molecule has 7 aromatic rings. The van der Waals surface area contributed by atoms with Crippen LogP contribution < -0.4 is 0 Å². The summed E-state index contributed by atoms with van der Waals surface area (Å²) in [6.45, 7) is 0. The summed E-state index contributed by atoms with van der Waals surface area (Å²) < 4.78 is 0.